The van der Waals surface area contributed by atoms with Gasteiger partial charge in [-0.3, -0.25) is 9.69 Å². The number of hydrogen-bond acceptors (Lipinski definition) is 3. The standard InChI is InChI=1S/C6H14N2O2/c1-3-5(7)8(2)4-6(9)10/h5H,3-4,7H2,1-2H3,(H,9,10). The van der Waals surface area contributed by atoms with Crippen LogP contribution in [0.2, 0.25) is 0 Å². The van der Waals surface area contributed by atoms with Gasteiger partial charge in [-0.25, -0.2) is 0 Å². The van der Waals surface area contributed by atoms with E-state index in [1.54, 1.807) is 11.9 Å². The van der Waals surface area contributed by atoms with Crippen molar-refractivity contribution < 1.29 is 9.90 Å². The molecule has 1 unspecified atom stereocenters. The van der Waals surface area contributed by atoms with Gasteiger partial charge in [-0.15, -0.1) is 0 Å². The van der Waals surface area contributed by atoms with Crippen molar-refractivity contribution in [3.63, 3.8) is 0 Å². The zero-order valence-electron chi connectivity index (χ0n) is 6.37. The predicted molar refractivity (Wildman–Crippen MR) is 38.5 cm³/mol. The largest absolute Gasteiger partial charge is 0.480 e. The lowest BCUT2D eigenvalue weighted by Gasteiger charge is -2.20. The van der Waals surface area contributed by atoms with E-state index in [4.69, 9.17) is 10.8 Å². The van der Waals surface area contributed by atoms with Crippen molar-refractivity contribution in [2.75, 3.05) is 13.6 Å². The molecule has 1 atom stereocenters. The van der Waals surface area contributed by atoms with Crippen LogP contribution < -0.4 is 5.73 Å². The van der Waals surface area contributed by atoms with Crippen LogP contribution in [0.25, 0.3) is 0 Å². The highest BCUT2D eigenvalue weighted by Crippen LogP contribution is 1.92. The molecule has 0 spiro atoms. The molecular formula is C6H14N2O2. The van der Waals surface area contributed by atoms with Gasteiger partial charge in [0.15, 0.2) is 0 Å². The summed E-state index contributed by atoms with van der Waals surface area (Å²) in [6.45, 7) is 1.93. The minimum absolute atomic E-state index is 0.00894. The number of aliphatic carboxylic acids is 1. The Balaban J connectivity index is 3.61. The fourth-order valence-corrected chi connectivity index (χ4v) is 0.642. The van der Waals surface area contributed by atoms with Crippen molar-refractivity contribution in [2.24, 2.45) is 5.73 Å². The maximum Gasteiger partial charge on any atom is 0.317 e. The SMILES string of the molecule is CCC(N)N(C)CC(=O)O. The second-order valence-electron chi connectivity index (χ2n) is 2.28. The third-order valence-electron chi connectivity index (χ3n) is 1.37. The van der Waals surface area contributed by atoms with Crippen LogP contribution in [0.5, 0.6) is 0 Å². The normalized spacial score (nSPS) is 13.6. The van der Waals surface area contributed by atoms with Crippen LogP contribution in [-0.2, 0) is 4.79 Å². The van der Waals surface area contributed by atoms with Gasteiger partial charge in [0.05, 0.1) is 12.7 Å². The van der Waals surface area contributed by atoms with E-state index in [-0.39, 0.29) is 12.7 Å². The van der Waals surface area contributed by atoms with Crippen molar-refractivity contribution in [2.45, 2.75) is 19.5 Å². The summed E-state index contributed by atoms with van der Waals surface area (Å²) >= 11 is 0. The Morgan fingerprint density at radius 1 is 1.80 bits per heavy atom. The number of nitrogens with zero attached hydrogens (tertiary/aromatic N) is 1. The first-order valence-electron chi connectivity index (χ1n) is 3.25. The maximum absolute atomic E-state index is 10.1. The Bertz CT molecular complexity index is 116. The van der Waals surface area contributed by atoms with E-state index >= 15 is 0 Å². The molecule has 0 saturated carbocycles. The average Bonchev–Trinajstić information content (AvgIpc) is 1.85. The fraction of sp³-hybridized carbons (Fsp3) is 0.833. The Hall–Kier alpha value is -0.610. The van der Waals surface area contributed by atoms with Crippen LogP contribution in [0.15, 0.2) is 0 Å². The Morgan fingerprint density at radius 2 is 2.30 bits per heavy atom. The summed E-state index contributed by atoms with van der Waals surface area (Å²) in [5, 5.41) is 8.33. The number of carbonyl (C=O) groups is 1. The first-order valence-corrected chi connectivity index (χ1v) is 3.25. The molecule has 4 nitrogen and oxygen atoms in total. The number of carboxylic acid groups (broad SMARTS) is 1. The van der Waals surface area contributed by atoms with E-state index in [0.29, 0.717) is 0 Å². The predicted octanol–water partition coefficient (Wildman–Crippen LogP) is -0.302. The molecule has 10 heavy (non-hydrogen) atoms. The number of likely N-dealkylation sites (N-methyl/N-ethyl adjacent to an activating group) is 1. The smallest absolute Gasteiger partial charge is 0.317 e. The van der Waals surface area contributed by atoms with Gasteiger partial charge in [0.25, 0.3) is 0 Å². The Labute approximate surface area is 60.6 Å². The minimum atomic E-state index is -0.841. The van der Waals surface area contributed by atoms with Crippen LogP contribution in [0, 0.1) is 0 Å². The van der Waals surface area contributed by atoms with E-state index in [1.165, 1.54) is 0 Å². The Morgan fingerprint density at radius 3 is 2.60 bits per heavy atom. The second kappa shape index (κ2) is 4.24. The monoisotopic (exact) mass is 146 g/mol. The zero-order valence-corrected chi connectivity index (χ0v) is 6.37. The summed E-state index contributed by atoms with van der Waals surface area (Å²) in [7, 11) is 1.70. The molecular weight excluding hydrogens is 132 g/mol. The number of nitrogens with two attached hydrogens (primary N) is 1. The molecule has 0 bridgehead atoms. The molecule has 60 valence electrons. The number of carboxylic acids is 1. The van der Waals surface area contributed by atoms with Gasteiger partial charge in [-0.1, -0.05) is 6.92 Å². The van der Waals surface area contributed by atoms with E-state index in [9.17, 15) is 4.79 Å². The molecule has 3 N–H and O–H groups in total. The molecule has 0 heterocycles. The quantitative estimate of drug-likeness (QED) is 0.534. The molecule has 0 aliphatic carbocycles. The van der Waals surface area contributed by atoms with Gasteiger partial charge in [0.1, 0.15) is 0 Å². The summed E-state index contributed by atoms with van der Waals surface area (Å²) in [4.78, 5) is 11.7. The second-order valence-corrected chi connectivity index (χ2v) is 2.28. The highest BCUT2D eigenvalue weighted by Gasteiger charge is 2.09. The summed E-state index contributed by atoms with van der Waals surface area (Å²) < 4.78 is 0. The molecule has 0 aliphatic heterocycles. The van der Waals surface area contributed by atoms with E-state index in [0.717, 1.165) is 6.42 Å². The summed E-state index contributed by atoms with van der Waals surface area (Å²) in [6.07, 6.45) is 0.625. The van der Waals surface area contributed by atoms with Crippen molar-refractivity contribution in [1.29, 1.82) is 0 Å². The molecule has 4 heteroatoms. The first kappa shape index (κ1) is 9.39. The highest BCUT2D eigenvalue weighted by molar-refractivity contribution is 5.69. The van der Waals surface area contributed by atoms with E-state index in [1.807, 2.05) is 6.92 Å². The lowest BCUT2D eigenvalue weighted by molar-refractivity contribution is -0.138. The van der Waals surface area contributed by atoms with Crippen LogP contribution in [0.3, 0.4) is 0 Å². The van der Waals surface area contributed by atoms with Crippen molar-refractivity contribution >= 4 is 5.97 Å². The van der Waals surface area contributed by atoms with E-state index < -0.39 is 5.97 Å². The van der Waals surface area contributed by atoms with Crippen LogP contribution in [0.4, 0.5) is 0 Å². The van der Waals surface area contributed by atoms with Crippen molar-refractivity contribution in [3.8, 4) is 0 Å². The summed E-state index contributed by atoms with van der Waals surface area (Å²) in [5.41, 5.74) is 5.53. The summed E-state index contributed by atoms with van der Waals surface area (Å²) in [5.74, 6) is -0.841. The lowest BCUT2D eigenvalue weighted by Crippen LogP contribution is -2.41. The van der Waals surface area contributed by atoms with Gasteiger partial charge in [-0.2, -0.15) is 0 Å². The minimum Gasteiger partial charge on any atom is -0.480 e. The van der Waals surface area contributed by atoms with Crippen LogP contribution in [-0.4, -0.2) is 35.7 Å². The van der Waals surface area contributed by atoms with Crippen molar-refractivity contribution in [1.82, 2.24) is 4.90 Å². The molecule has 0 saturated heterocycles. The van der Waals surface area contributed by atoms with Gasteiger partial charge in [0, 0.05) is 0 Å². The third-order valence-corrected chi connectivity index (χ3v) is 1.37. The molecule has 0 fully saturated rings. The molecule has 0 aromatic rings. The lowest BCUT2D eigenvalue weighted by atomic mass is 10.3. The highest BCUT2D eigenvalue weighted by atomic mass is 16.4. The van der Waals surface area contributed by atoms with Crippen LogP contribution >= 0.6 is 0 Å². The van der Waals surface area contributed by atoms with Gasteiger partial charge in [-0.05, 0) is 13.5 Å². The van der Waals surface area contributed by atoms with Crippen molar-refractivity contribution in [3.05, 3.63) is 0 Å². The molecule has 0 aromatic heterocycles. The number of rotatable bonds is 4. The first-order chi connectivity index (χ1) is 4.57. The topological polar surface area (TPSA) is 66.6 Å². The fourth-order valence-electron chi connectivity index (χ4n) is 0.642. The number of hydrogen-bond donors (Lipinski definition) is 2. The van der Waals surface area contributed by atoms with Crippen LogP contribution in [0.1, 0.15) is 13.3 Å². The average molecular weight is 146 g/mol. The zero-order chi connectivity index (χ0) is 8.15. The third kappa shape index (κ3) is 3.42. The molecule has 0 aromatic carbocycles. The summed E-state index contributed by atoms with van der Waals surface area (Å²) in [6, 6.07) is 0. The maximum atomic E-state index is 10.1. The molecule has 0 aliphatic rings. The van der Waals surface area contributed by atoms with E-state index in [2.05, 4.69) is 0 Å². The van der Waals surface area contributed by atoms with Gasteiger partial charge in [0.2, 0.25) is 0 Å². The molecule has 0 radical (unpaired) electrons. The Kier molecular flexibility index (Phi) is 3.99. The molecule has 0 rings (SSSR count). The van der Waals surface area contributed by atoms with Gasteiger partial charge < -0.3 is 10.8 Å². The molecule has 0 amide bonds. The van der Waals surface area contributed by atoms with Gasteiger partial charge >= 0.3 is 5.97 Å².